The molecule has 0 aliphatic heterocycles. The van der Waals surface area contributed by atoms with Crippen LogP contribution in [0.1, 0.15) is 12.0 Å². The standard InChI is InChI=1S/C9H9FO2/c10-8-3-1-2-7(6-8)4-5-9(11)12/h1-3,6H,4-5H2,(H,11,12). The summed E-state index contributed by atoms with van der Waals surface area (Å²) in [5, 5.41) is 8.35. The third-order valence-corrected chi connectivity index (χ3v) is 1.52. The smallest absolute Gasteiger partial charge is 0.303 e. The van der Waals surface area contributed by atoms with Gasteiger partial charge >= 0.3 is 5.97 Å². The van der Waals surface area contributed by atoms with Crippen molar-refractivity contribution in [3.63, 3.8) is 0 Å². The Kier molecular flexibility index (Phi) is 2.80. The number of carboxylic acid groups (broad SMARTS) is 1. The molecule has 0 aromatic heterocycles. The van der Waals surface area contributed by atoms with E-state index in [9.17, 15) is 9.18 Å². The first-order valence-corrected chi connectivity index (χ1v) is 3.65. The molecule has 1 aromatic rings. The minimum absolute atomic E-state index is 0.0451. The van der Waals surface area contributed by atoms with Crippen molar-refractivity contribution < 1.29 is 14.3 Å². The highest BCUT2D eigenvalue weighted by atomic mass is 19.1. The van der Waals surface area contributed by atoms with E-state index < -0.39 is 5.97 Å². The molecule has 0 saturated carbocycles. The number of aliphatic carboxylic acids is 1. The molecule has 2 nitrogen and oxygen atoms in total. The number of hydrogen-bond donors (Lipinski definition) is 1. The average molecular weight is 168 g/mol. The summed E-state index contributed by atoms with van der Waals surface area (Å²) >= 11 is 0. The molecule has 1 N–H and O–H groups in total. The van der Waals surface area contributed by atoms with Crippen LogP contribution >= 0.6 is 0 Å². The molecule has 0 fully saturated rings. The molecule has 0 bridgehead atoms. The van der Waals surface area contributed by atoms with E-state index in [0.29, 0.717) is 6.42 Å². The lowest BCUT2D eigenvalue weighted by atomic mass is 10.1. The van der Waals surface area contributed by atoms with Gasteiger partial charge in [-0.05, 0) is 24.1 Å². The Balaban J connectivity index is 2.57. The lowest BCUT2D eigenvalue weighted by Gasteiger charge is -1.97. The summed E-state index contributed by atoms with van der Waals surface area (Å²) in [6, 6.07) is 5.98. The second kappa shape index (κ2) is 3.85. The van der Waals surface area contributed by atoms with Crippen molar-refractivity contribution in [2.45, 2.75) is 12.8 Å². The Labute approximate surface area is 69.6 Å². The van der Waals surface area contributed by atoms with E-state index in [1.54, 1.807) is 12.1 Å². The molecule has 1 aromatic carbocycles. The van der Waals surface area contributed by atoms with Gasteiger partial charge in [0.1, 0.15) is 5.82 Å². The van der Waals surface area contributed by atoms with Crippen molar-refractivity contribution in [2.24, 2.45) is 0 Å². The van der Waals surface area contributed by atoms with E-state index in [4.69, 9.17) is 5.11 Å². The molecule has 0 spiro atoms. The average Bonchev–Trinajstić information content (AvgIpc) is 2.01. The predicted octanol–water partition coefficient (Wildman–Crippen LogP) is 1.84. The molecule has 0 saturated heterocycles. The first-order chi connectivity index (χ1) is 5.68. The zero-order chi connectivity index (χ0) is 8.97. The minimum atomic E-state index is -0.862. The van der Waals surface area contributed by atoms with E-state index in [1.165, 1.54) is 12.1 Å². The van der Waals surface area contributed by atoms with E-state index in [1.807, 2.05) is 0 Å². The summed E-state index contributed by atoms with van der Waals surface area (Å²) in [5.41, 5.74) is 0.720. The zero-order valence-corrected chi connectivity index (χ0v) is 6.46. The highest BCUT2D eigenvalue weighted by molar-refractivity contribution is 5.67. The number of hydrogen-bond acceptors (Lipinski definition) is 1. The summed E-state index contributed by atoms with van der Waals surface area (Å²) in [6.45, 7) is 0. The Bertz CT molecular complexity index is 284. The largest absolute Gasteiger partial charge is 0.481 e. The van der Waals surface area contributed by atoms with E-state index in [-0.39, 0.29) is 12.2 Å². The molecular weight excluding hydrogens is 159 g/mol. The third-order valence-electron chi connectivity index (χ3n) is 1.52. The van der Waals surface area contributed by atoms with Gasteiger partial charge in [-0.25, -0.2) is 4.39 Å². The van der Waals surface area contributed by atoms with Crippen LogP contribution in [-0.2, 0) is 11.2 Å². The highest BCUT2D eigenvalue weighted by Crippen LogP contribution is 2.05. The summed E-state index contributed by atoms with van der Waals surface area (Å²) in [5.74, 6) is -1.18. The molecule has 12 heavy (non-hydrogen) atoms. The quantitative estimate of drug-likeness (QED) is 0.747. The normalized spacial score (nSPS) is 9.75. The van der Waals surface area contributed by atoms with Crippen molar-refractivity contribution >= 4 is 5.97 Å². The predicted molar refractivity (Wildman–Crippen MR) is 42.4 cm³/mol. The summed E-state index contributed by atoms with van der Waals surface area (Å²) in [6.07, 6.45) is 0.427. The van der Waals surface area contributed by atoms with Gasteiger partial charge in [0.25, 0.3) is 0 Å². The molecule has 0 aliphatic rings. The fraction of sp³-hybridized carbons (Fsp3) is 0.222. The van der Waals surface area contributed by atoms with Crippen LogP contribution in [0.2, 0.25) is 0 Å². The van der Waals surface area contributed by atoms with Crippen LogP contribution in [0.4, 0.5) is 4.39 Å². The van der Waals surface area contributed by atoms with Crippen molar-refractivity contribution in [2.75, 3.05) is 0 Å². The number of benzene rings is 1. The number of rotatable bonds is 3. The number of aryl methyl sites for hydroxylation is 1. The molecule has 0 atom stereocenters. The van der Waals surface area contributed by atoms with Crippen molar-refractivity contribution in [1.82, 2.24) is 0 Å². The fourth-order valence-electron chi connectivity index (χ4n) is 0.944. The fourth-order valence-corrected chi connectivity index (χ4v) is 0.944. The maximum atomic E-state index is 12.5. The molecule has 0 amide bonds. The van der Waals surface area contributed by atoms with Gasteiger partial charge in [0.15, 0.2) is 0 Å². The maximum Gasteiger partial charge on any atom is 0.303 e. The van der Waals surface area contributed by atoms with Gasteiger partial charge in [-0.2, -0.15) is 0 Å². The van der Waals surface area contributed by atoms with Crippen LogP contribution in [0.25, 0.3) is 0 Å². The first-order valence-electron chi connectivity index (χ1n) is 3.65. The van der Waals surface area contributed by atoms with Crippen LogP contribution in [0.15, 0.2) is 24.3 Å². The Morgan fingerprint density at radius 3 is 2.83 bits per heavy atom. The first kappa shape index (κ1) is 8.71. The molecule has 0 heterocycles. The lowest BCUT2D eigenvalue weighted by Crippen LogP contribution is -1.97. The maximum absolute atomic E-state index is 12.5. The summed E-state index contributed by atoms with van der Waals surface area (Å²) in [7, 11) is 0. The molecule has 3 heteroatoms. The number of halogens is 1. The van der Waals surface area contributed by atoms with Crippen LogP contribution < -0.4 is 0 Å². The van der Waals surface area contributed by atoms with E-state index >= 15 is 0 Å². The summed E-state index contributed by atoms with van der Waals surface area (Å²) in [4.78, 5) is 10.2. The van der Waals surface area contributed by atoms with Gasteiger partial charge in [-0.1, -0.05) is 12.1 Å². The van der Waals surface area contributed by atoms with Crippen molar-refractivity contribution in [1.29, 1.82) is 0 Å². The van der Waals surface area contributed by atoms with Gasteiger partial charge in [-0.15, -0.1) is 0 Å². The van der Waals surface area contributed by atoms with Crippen LogP contribution in [-0.4, -0.2) is 11.1 Å². The lowest BCUT2D eigenvalue weighted by molar-refractivity contribution is -0.136. The summed E-state index contributed by atoms with van der Waals surface area (Å²) < 4.78 is 12.5. The van der Waals surface area contributed by atoms with Gasteiger partial charge in [0.05, 0.1) is 0 Å². The SMILES string of the molecule is O=C(O)CCc1cccc(F)c1. The highest BCUT2D eigenvalue weighted by Gasteiger charge is 1.99. The van der Waals surface area contributed by atoms with Gasteiger partial charge in [0.2, 0.25) is 0 Å². The molecule has 0 unspecified atom stereocenters. The Morgan fingerprint density at radius 1 is 1.50 bits per heavy atom. The van der Waals surface area contributed by atoms with E-state index in [2.05, 4.69) is 0 Å². The van der Waals surface area contributed by atoms with Crippen LogP contribution in [0.3, 0.4) is 0 Å². The number of carboxylic acids is 1. The van der Waals surface area contributed by atoms with Crippen LogP contribution in [0.5, 0.6) is 0 Å². The molecular formula is C9H9FO2. The Morgan fingerprint density at radius 2 is 2.25 bits per heavy atom. The zero-order valence-electron chi connectivity index (χ0n) is 6.46. The van der Waals surface area contributed by atoms with Crippen molar-refractivity contribution in [3.05, 3.63) is 35.6 Å². The second-order valence-corrected chi connectivity index (χ2v) is 2.52. The molecule has 0 radical (unpaired) electrons. The van der Waals surface area contributed by atoms with Crippen molar-refractivity contribution in [3.8, 4) is 0 Å². The van der Waals surface area contributed by atoms with Gasteiger partial charge in [-0.3, -0.25) is 4.79 Å². The van der Waals surface area contributed by atoms with Gasteiger partial charge < -0.3 is 5.11 Å². The minimum Gasteiger partial charge on any atom is -0.481 e. The number of carbonyl (C=O) groups is 1. The molecule has 64 valence electrons. The van der Waals surface area contributed by atoms with Crippen LogP contribution in [0, 0.1) is 5.82 Å². The molecule has 1 rings (SSSR count). The second-order valence-electron chi connectivity index (χ2n) is 2.52. The van der Waals surface area contributed by atoms with E-state index in [0.717, 1.165) is 5.56 Å². The third kappa shape index (κ3) is 2.70. The monoisotopic (exact) mass is 168 g/mol. The molecule has 0 aliphatic carbocycles. The Hall–Kier alpha value is -1.38. The topological polar surface area (TPSA) is 37.3 Å². The van der Waals surface area contributed by atoms with Gasteiger partial charge in [0, 0.05) is 6.42 Å².